The molecule has 9 heteroatoms. The molecule has 3 nitrogen and oxygen atoms in total. The van der Waals surface area contributed by atoms with E-state index in [0.29, 0.717) is 22.5 Å². The summed E-state index contributed by atoms with van der Waals surface area (Å²) in [6.45, 7) is 39.3. The van der Waals surface area contributed by atoms with Crippen LogP contribution in [0, 0.1) is 0 Å². The largest absolute Gasteiger partial charge is 0.508 e. The van der Waals surface area contributed by atoms with Crippen molar-refractivity contribution in [2.75, 3.05) is 13.2 Å². The molecule has 212 valence electrons. The lowest BCUT2D eigenvalue weighted by Gasteiger charge is -2.43. The highest BCUT2D eigenvalue weighted by Gasteiger charge is 2.43. The Balaban J connectivity index is 4.40. The standard InChI is InChI=1S/C27H62O3Si6/c1-15-31-26(3,4)35(11,12)23-33(7,8)21-17-19-29-25(28)30-20-18-22-34(9,10)24-36(13,14)27(5,6)32-16-2/h15-16H,1-2,17-24,31-32H2,3-14H3. The van der Waals surface area contributed by atoms with Gasteiger partial charge in [0, 0.05) is 51.3 Å². The maximum absolute atomic E-state index is 12.1. The molecular formula is C27H62O3Si6. The molecule has 0 atom stereocenters. The quantitative estimate of drug-likeness (QED) is 0.0908. The zero-order valence-electron chi connectivity index (χ0n) is 26.4. The van der Waals surface area contributed by atoms with Crippen molar-refractivity contribution in [1.82, 2.24) is 0 Å². The van der Waals surface area contributed by atoms with E-state index in [4.69, 9.17) is 9.47 Å². The molecular weight excluding hydrogens is 541 g/mol. The predicted molar refractivity (Wildman–Crippen MR) is 181 cm³/mol. The third-order valence-corrected chi connectivity index (χ3v) is 44.3. The van der Waals surface area contributed by atoms with Gasteiger partial charge in [-0.3, -0.25) is 0 Å². The van der Waals surface area contributed by atoms with Crippen LogP contribution in [0.4, 0.5) is 4.79 Å². The van der Waals surface area contributed by atoms with Crippen molar-refractivity contribution in [2.45, 2.75) is 126 Å². The lowest BCUT2D eigenvalue weighted by atomic mass is 10.5. The minimum absolute atomic E-state index is 0.231. The normalized spacial score (nSPS) is 14.6. The lowest BCUT2D eigenvalue weighted by molar-refractivity contribution is 0.0553. The van der Waals surface area contributed by atoms with Gasteiger partial charge in [-0.15, -0.1) is 24.6 Å². The van der Waals surface area contributed by atoms with Gasteiger partial charge in [0.25, 0.3) is 0 Å². The highest BCUT2D eigenvalue weighted by molar-refractivity contribution is 7.01. The molecule has 0 saturated heterocycles. The van der Waals surface area contributed by atoms with E-state index in [1.807, 2.05) is 0 Å². The van der Waals surface area contributed by atoms with Crippen molar-refractivity contribution < 1.29 is 14.3 Å². The fourth-order valence-electron chi connectivity index (χ4n) is 5.78. The SMILES string of the molecule is C=C[SiH2]C(C)(C)[Si](C)(C)C[Si](C)(C)CCCOC(=O)OCCC[Si](C)(C)C[Si](C)(C)C(C)(C)[SiH2]C=C. The molecule has 0 aliphatic rings. The second-order valence-electron chi connectivity index (χ2n) is 15.4. The van der Waals surface area contributed by atoms with Crippen molar-refractivity contribution in [3.63, 3.8) is 0 Å². The van der Waals surface area contributed by atoms with Crippen LogP contribution in [-0.2, 0) is 9.47 Å². The number of rotatable bonds is 18. The van der Waals surface area contributed by atoms with Crippen molar-refractivity contribution in [2.24, 2.45) is 0 Å². The van der Waals surface area contributed by atoms with Crippen LogP contribution in [0.5, 0.6) is 0 Å². The van der Waals surface area contributed by atoms with Crippen molar-refractivity contribution in [3.05, 3.63) is 24.6 Å². The lowest BCUT2D eigenvalue weighted by Crippen LogP contribution is -2.48. The average molecular weight is 603 g/mol. The Morgan fingerprint density at radius 3 is 1.28 bits per heavy atom. The average Bonchev–Trinajstić information content (AvgIpc) is 2.66. The third kappa shape index (κ3) is 12.7. The number of ether oxygens (including phenoxy) is 2. The molecule has 0 rings (SSSR count). The summed E-state index contributed by atoms with van der Waals surface area (Å²) in [5.74, 6) is 0. The Kier molecular flexibility index (Phi) is 14.5. The first-order valence-electron chi connectivity index (χ1n) is 14.2. The van der Waals surface area contributed by atoms with Crippen molar-refractivity contribution in [3.8, 4) is 0 Å². The molecule has 0 bridgehead atoms. The first-order valence-corrected chi connectivity index (χ1v) is 30.4. The second-order valence-corrected chi connectivity index (χ2v) is 45.0. The van der Waals surface area contributed by atoms with E-state index in [2.05, 4.69) is 105 Å². The molecule has 0 saturated carbocycles. The molecule has 0 N–H and O–H groups in total. The molecule has 0 heterocycles. The molecule has 0 aromatic carbocycles. The van der Waals surface area contributed by atoms with E-state index < -0.39 is 38.5 Å². The molecule has 36 heavy (non-hydrogen) atoms. The molecule has 0 aromatic heterocycles. The molecule has 0 aliphatic carbocycles. The van der Waals surface area contributed by atoms with E-state index in [-0.39, 0.29) is 19.0 Å². The molecule has 0 spiro atoms. The smallest absolute Gasteiger partial charge is 0.434 e. The van der Waals surface area contributed by atoms with E-state index in [1.165, 1.54) is 23.4 Å². The molecule has 0 radical (unpaired) electrons. The van der Waals surface area contributed by atoms with Crippen LogP contribution >= 0.6 is 0 Å². The van der Waals surface area contributed by atoms with E-state index in [9.17, 15) is 4.79 Å². The minimum atomic E-state index is -1.32. The van der Waals surface area contributed by atoms with Gasteiger partial charge in [-0.1, -0.05) is 103 Å². The summed E-state index contributed by atoms with van der Waals surface area (Å²) >= 11 is 0. The van der Waals surface area contributed by atoms with Gasteiger partial charge in [0.05, 0.1) is 13.2 Å². The molecule has 0 unspecified atom stereocenters. The fourth-order valence-corrected chi connectivity index (χ4v) is 41.3. The zero-order valence-corrected chi connectivity index (χ0v) is 33.2. The number of carbonyl (C=O) groups excluding carboxylic acids is 1. The van der Waals surface area contributed by atoms with Gasteiger partial charge in [0.2, 0.25) is 0 Å². The maximum Gasteiger partial charge on any atom is 0.508 e. The summed E-state index contributed by atoms with van der Waals surface area (Å²) in [4.78, 5) is 12.1. The Labute approximate surface area is 234 Å². The van der Waals surface area contributed by atoms with Crippen LogP contribution in [0.1, 0.15) is 40.5 Å². The van der Waals surface area contributed by atoms with Gasteiger partial charge in [-0.2, -0.15) is 0 Å². The maximum atomic E-state index is 12.1. The summed E-state index contributed by atoms with van der Waals surface area (Å²) in [6, 6.07) is 2.43. The summed E-state index contributed by atoms with van der Waals surface area (Å²) in [5, 5.41) is 0. The van der Waals surface area contributed by atoms with E-state index >= 15 is 0 Å². The van der Waals surface area contributed by atoms with Crippen LogP contribution in [0.3, 0.4) is 0 Å². The third-order valence-electron chi connectivity index (χ3n) is 9.25. The van der Waals surface area contributed by atoms with Gasteiger partial charge in [-0.05, 0) is 22.2 Å². The zero-order chi connectivity index (χ0) is 28.5. The van der Waals surface area contributed by atoms with Crippen LogP contribution < -0.4 is 0 Å². The van der Waals surface area contributed by atoms with Gasteiger partial charge in [0.1, 0.15) is 0 Å². The van der Waals surface area contributed by atoms with Gasteiger partial charge in [0.15, 0.2) is 0 Å². The molecule has 0 aliphatic heterocycles. The highest BCUT2D eigenvalue weighted by atomic mass is 28.4. The van der Waals surface area contributed by atoms with Gasteiger partial charge >= 0.3 is 6.16 Å². The Morgan fingerprint density at radius 1 is 0.694 bits per heavy atom. The van der Waals surface area contributed by atoms with Crippen LogP contribution in [0.2, 0.25) is 85.1 Å². The number of hydrogen-bond acceptors (Lipinski definition) is 3. The number of carbonyl (C=O) groups is 1. The molecule has 0 fully saturated rings. The summed E-state index contributed by atoms with van der Waals surface area (Å²) < 4.78 is 11.9. The molecule has 0 amide bonds. The van der Waals surface area contributed by atoms with E-state index in [0.717, 1.165) is 12.8 Å². The van der Waals surface area contributed by atoms with Crippen molar-refractivity contribution in [1.29, 1.82) is 0 Å². The second kappa shape index (κ2) is 14.4. The van der Waals surface area contributed by atoms with E-state index in [1.54, 1.807) is 0 Å². The Bertz CT molecular complexity index is 656. The monoisotopic (exact) mass is 602 g/mol. The number of hydrogen-bond donors (Lipinski definition) is 0. The summed E-state index contributed by atoms with van der Waals surface area (Å²) in [6.07, 6.45) is 1.44. The summed E-state index contributed by atoms with van der Waals surface area (Å²) in [5.41, 5.74) is 7.32. The van der Waals surface area contributed by atoms with Gasteiger partial charge in [-0.25, -0.2) is 4.79 Å². The van der Waals surface area contributed by atoms with Gasteiger partial charge < -0.3 is 9.47 Å². The Hall–Kier alpha value is 0.0513. The Morgan fingerprint density at radius 2 is 1.00 bits per heavy atom. The highest BCUT2D eigenvalue weighted by Crippen LogP contribution is 2.42. The topological polar surface area (TPSA) is 35.5 Å². The van der Waals surface area contributed by atoms with Crippen LogP contribution in [-0.4, -0.2) is 70.7 Å². The first-order chi connectivity index (χ1) is 16.1. The van der Waals surface area contributed by atoms with Crippen LogP contribution in [0.25, 0.3) is 0 Å². The predicted octanol–water partition coefficient (Wildman–Crippen LogP) is 7.93. The minimum Gasteiger partial charge on any atom is -0.434 e. The van der Waals surface area contributed by atoms with Crippen LogP contribution in [0.15, 0.2) is 24.6 Å². The molecule has 0 aromatic rings. The fraction of sp³-hybridized carbons (Fsp3) is 0.815. The summed E-state index contributed by atoms with van der Waals surface area (Å²) in [7, 11) is -5.73. The first kappa shape index (κ1) is 36.1. The van der Waals surface area contributed by atoms with Crippen molar-refractivity contribution >= 4 is 57.5 Å².